The van der Waals surface area contributed by atoms with Crippen molar-refractivity contribution in [3.05, 3.63) is 84.4 Å². The third-order valence-electron chi connectivity index (χ3n) is 9.10. The number of amides is 1. The molecule has 1 fully saturated rings. The summed E-state index contributed by atoms with van der Waals surface area (Å²) in [6.45, 7) is 4.31. The Morgan fingerprint density at radius 1 is 0.930 bits per heavy atom. The lowest BCUT2D eigenvalue weighted by molar-refractivity contribution is 0.0197. The minimum Gasteiger partial charge on any atom is -0.744 e. The van der Waals surface area contributed by atoms with Gasteiger partial charge in [0.25, 0.3) is 5.91 Å². The van der Waals surface area contributed by atoms with Crippen molar-refractivity contribution in [1.82, 2.24) is 4.90 Å². The van der Waals surface area contributed by atoms with E-state index in [1.54, 1.807) is 18.2 Å². The molecule has 1 aliphatic rings. The van der Waals surface area contributed by atoms with E-state index in [0.29, 0.717) is 38.8 Å². The third kappa shape index (κ3) is 9.46. The van der Waals surface area contributed by atoms with Crippen LogP contribution in [0.2, 0.25) is 0 Å². The van der Waals surface area contributed by atoms with Crippen molar-refractivity contribution in [2.24, 2.45) is 10.2 Å². The summed E-state index contributed by atoms with van der Waals surface area (Å²) in [6.07, 6.45) is 0.305. The first kappa shape index (κ1) is 41.7. The van der Waals surface area contributed by atoms with Crippen molar-refractivity contribution >= 4 is 85.9 Å². The number of rotatable bonds is 13. The van der Waals surface area contributed by atoms with Crippen molar-refractivity contribution in [3.63, 3.8) is 0 Å². The van der Waals surface area contributed by atoms with Crippen LogP contribution in [0.15, 0.2) is 104 Å². The number of nitrogens with zero attached hydrogens (tertiary/aromatic N) is 3. The molecule has 0 aromatic heterocycles. The van der Waals surface area contributed by atoms with Gasteiger partial charge in [0.1, 0.15) is 48.7 Å². The highest BCUT2D eigenvalue weighted by Gasteiger charge is 2.25. The quantitative estimate of drug-likeness (QED) is 0.0952. The topological polar surface area (TPSA) is 284 Å². The van der Waals surface area contributed by atoms with Gasteiger partial charge < -0.3 is 33.0 Å². The predicted molar refractivity (Wildman–Crippen MR) is 202 cm³/mol. The lowest BCUT2D eigenvalue weighted by Gasteiger charge is -2.32. The number of phenols is 1. The van der Waals surface area contributed by atoms with Crippen molar-refractivity contribution in [1.29, 1.82) is 0 Å². The largest absolute Gasteiger partial charge is 0.744 e. The molecule has 22 heteroatoms. The van der Waals surface area contributed by atoms with E-state index < -0.39 is 80.0 Å². The standard InChI is InChI=1S/C35H34N4O14S4/c1-21(39-12-14-52-15-13-39)11-16-55(44,45)26-8-9-27-23(18-26)7-10-28(34(27)57(49,50)51)37-38-32-30(56(46,47)48)19-24-17-25(53-54(42)43)20-29(31(24)33(32)40)36-35(41)22-5-3-2-4-6-22/h2-10,17-21,40H,11-16H2,1H3,(H,36,41)(H,42,43)(H,46,47,48)(H,49,50,51)/p-3. The maximum Gasteiger partial charge on any atom is 0.255 e. The van der Waals surface area contributed by atoms with Gasteiger partial charge in [-0.25, -0.2) is 29.5 Å². The number of nitrogens with one attached hydrogen (secondary N) is 1. The van der Waals surface area contributed by atoms with Gasteiger partial charge in [-0.05, 0) is 66.6 Å². The smallest absolute Gasteiger partial charge is 0.255 e. The number of azo groups is 1. The molecule has 2 unspecified atom stereocenters. The zero-order valence-electron chi connectivity index (χ0n) is 29.6. The van der Waals surface area contributed by atoms with E-state index in [2.05, 4.69) is 20.4 Å². The maximum absolute atomic E-state index is 13.3. The van der Waals surface area contributed by atoms with E-state index in [1.807, 2.05) is 6.92 Å². The summed E-state index contributed by atoms with van der Waals surface area (Å²) in [5.41, 5.74) is -1.91. The van der Waals surface area contributed by atoms with E-state index in [1.165, 1.54) is 24.3 Å². The summed E-state index contributed by atoms with van der Waals surface area (Å²) in [7, 11) is -14.8. The van der Waals surface area contributed by atoms with Crippen LogP contribution < -0.4 is 9.50 Å². The highest BCUT2D eigenvalue weighted by atomic mass is 32.2. The fraction of sp³-hybridized carbons (Fsp3) is 0.229. The third-order valence-corrected chi connectivity index (χ3v) is 13.0. The van der Waals surface area contributed by atoms with Crippen LogP contribution in [-0.4, -0.2) is 97.1 Å². The summed E-state index contributed by atoms with van der Waals surface area (Å²) < 4.78 is 135. The van der Waals surface area contributed by atoms with Gasteiger partial charge in [-0.3, -0.25) is 9.69 Å². The average molecular weight is 860 g/mol. The second-order valence-corrected chi connectivity index (χ2v) is 18.1. The van der Waals surface area contributed by atoms with Crippen molar-refractivity contribution in [2.75, 3.05) is 37.4 Å². The molecule has 1 amide bonds. The number of aromatic hydroxyl groups is 1. The van der Waals surface area contributed by atoms with Gasteiger partial charge in [0, 0.05) is 41.5 Å². The summed E-state index contributed by atoms with van der Waals surface area (Å²) in [4.78, 5) is 12.9. The molecule has 0 bridgehead atoms. The molecule has 5 aromatic carbocycles. The molecule has 2 atom stereocenters. The van der Waals surface area contributed by atoms with Gasteiger partial charge >= 0.3 is 0 Å². The number of carbonyl (C=O) groups is 1. The number of morpholine rings is 1. The number of ether oxygens (including phenoxy) is 1. The SMILES string of the molecule is CC(CCS(=O)(=O)c1ccc2c(S(=O)(=O)[O-])c(N=Nc3c(S(=O)(=O)[O-])cc4cc(OS(=O)[O-])cc(NC(=O)c5ccccc5)c4c3O)ccc2c1)N1CCOCC1. The second kappa shape index (κ2) is 16.5. The van der Waals surface area contributed by atoms with Gasteiger partial charge in [-0.2, -0.15) is 0 Å². The van der Waals surface area contributed by atoms with E-state index in [-0.39, 0.29) is 49.5 Å². The molecule has 1 aliphatic heterocycles. The highest BCUT2D eigenvalue weighted by Crippen LogP contribution is 2.46. The monoisotopic (exact) mass is 859 g/mol. The molecule has 57 heavy (non-hydrogen) atoms. The molecule has 18 nitrogen and oxygen atoms in total. The fourth-order valence-corrected chi connectivity index (χ4v) is 9.50. The number of hydrogen-bond donors (Lipinski definition) is 2. The van der Waals surface area contributed by atoms with E-state index in [4.69, 9.17) is 8.92 Å². The first-order valence-corrected chi connectivity index (χ1v) is 22.2. The van der Waals surface area contributed by atoms with Crippen LogP contribution in [-0.2, 0) is 46.2 Å². The van der Waals surface area contributed by atoms with Crippen molar-refractivity contribution in [3.8, 4) is 11.5 Å². The minimum absolute atomic E-state index is 0.0258. The number of carbonyl (C=O) groups excluding carboxylic acids is 1. The molecular formula is C35H31N4O14S4-3. The van der Waals surface area contributed by atoms with Gasteiger partial charge in [0.05, 0.1) is 39.3 Å². The first-order chi connectivity index (χ1) is 26.8. The van der Waals surface area contributed by atoms with Crippen LogP contribution in [0.3, 0.4) is 0 Å². The molecule has 0 saturated carbocycles. The summed E-state index contributed by atoms with van der Waals surface area (Å²) in [5, 5.41) is 20.4. The van der Waals surface area contributed by atoms with Crippen LogP contribution in [0.4, 0.5) is 17.1 Å². The van der Waals surface area contributed by atoms with E-state index in [0.717, 1.165) is 30.3 Å². The van der Waals surface area contributed by atoms with Crippen LogP contribution >= 0.6 is 0 Å². The molecule has 6 rings (SSSR count). The summed E-state index contributed by atoms with van der Waals surface area (Å²) in [6, 6.07) is 15.8. The Labute approximate surface area is 329 Å². The van der Waals surface area contributed by atoms with Crippen LogP contribution in [0.25, 0.3) is 21.5 Å². The van der Waals surface area contributed by atoms with E-state index >= 15 is 0 Å². The molecule has 2 N–H and O–H groups in total. The average Bonchev–Trinajstić information content (AvgIpc) is 3.15. The summed E-state index contributed by atoms with van der Waals surface area (Å²) >= 11 is -3.15. The Kier molecular flexibility index (Phi) is 12.1. The maximum atomic E-state index is 13.3. The van der Waals surface area contributed by atoms with Crippen LogP contribution in [0, 0.1) is 0 Å². The number of fused-ring (bicyclic) bond motifs is 2. The molecule has 302 valence electrons. The normalized spacial score (nSPS) is 15.5. The number of anilines is 1. The summed E-state index contributed by atoms with van der Waals surface area (Å²) in [5.74, 6) is -2.52. The Bertz CT molecular complexity index is 2780. The van der Waals surface area contributed by atoms with Gasteiger partial charge in [-0.1, -0.05) is 30.3 Å². The Balaban J connectivity index is 1.43. The number of phenolic OH excluding ortho intramolecular Hbond substituents is 1. The minimum atomic E-state index is -5.53. The predicted octanol–water partition coefficient (Wildman–Crippen LogP) is 4.23. The molecule has 0 spiro atoms. The molecule has 1 heterocycles. The Morgan fingerprint density at radius 3 is 2.28 bits per heavy atom. The van der Waals surface area contributed by atoms with Gasteiger partial charge in [0.15, 0.2) is 15.6 Å². The Morgan fingerprint density at radius 2 is 1.63 bits per heavy atom. The first-order valence-electron chi connectivity index (χ1n) is 16.8. The van der Waals surface area contributed by atoms with Crippen molar-refractivity contribution in [2.45, 2.75) is 34.1 Å². The van der Waals surface area contributed by atoms with Gasteiger partial charge in [0.2, 0.25) is 0 Å². The highest BCUT2D eigenvalue weighted by molar-refractivity contribution is 7.91. The lowest BCUT2D eigenvalue weighted by atomic mass is 10.0. The molecule has 0 aliphatic carbocycles. The van der Waals surface area contributed by atoms with Crippen LogP contribution in [0.5, 0.6) is 11.5 Å². The molecule has 5 aromatic rings. The van der Waals surface area contributed by atoms with Gasteiger partial charge in [-0.15, -0.1) is 10.2 Å². The second-order valence-electron chi connectivity index (χ2n) is 12.8. The van der Waals surface area contributed by atoms with Crippen molar-refractivity contribution < 1.29 is 61.9 Å². The lowest BCUT2D eigenvalue weighted by Crippen LogP contribution is -2.42. The number of sulfone groups is 1. The van der Waals surface area contributed by atoms with Crippen LogP contribution in [0.1, 0.15) is 23.7 Å². The zero-order valence-corrected chi connectivity index (χ0v) is 32.8. The molecular weight excluding hydrogens is 829 g/mol. The Hall–Kier alpha value is -4.91. The zero-order chi connectivity index (χ0) is 41.3. The molecule has 0 radical (unpaired) electrons. The van der Waals surface area contributed by atoms with E-state index in [9.17, 15) is 53.0 Å². The molecule has 1 saturated heterocycles. The number of benzene rings is 5. The fourth-order valence-electron chi connectivity index (χ4n) is 6.31. The number of hydrogen-bond acceptors (Lipinski definition) is 17.